The highest BCUT2D eigenvalue weighted by Crippen LogP contribution is 2.29. The number of methoxy groups -OCH3 is 2. The van der Waals surface area contributed by atoms with Gasteiger partial charge in [0.15, 0.2) is 0 Å². The first-order chi connectivity index (χ1) is 11.0. The van der Waals surface area contributed by atoms with Gasteiger partial charge < -0.3 is 19.7 Å². The van der Waals surface area contributed by atoms with Crippen LogP contribution < -0.4 is 14.8 Å². The summed E-state index contributed by atoms with van der Waals surface area (Å²) in [5.41, 5.74) is 0.635. The molecule has 1 aliphatic heterocycles. The number of carbonyl (C=O) groups excluding carboxylic acids is 1. The Morgan fingerprint density at radius 1 is 1.17 bits per heavy atom. The lowest BCUT2D eigenvalue weighted by Gasteiger charge is -2.27. The first-order valence-corrected chi connectivity index (χ1v) is 8.00. The number of hydrogen-bond donors (Lipinski definition) is 1. The Balaban J connectivity index is 2.05. The van der Waals surface area contributed by atoms with E-state index < -0.39 is 0 Å². The quantitative estimate of drug-likeness (QED) is 0.894. The topological polar surface area (TPSA) is 54.0 Å². The number of anilines is 1. The van der Waals surface area contributed by atoms with Crippen molar-refractivity contribution in [3.63, 3.8) is 0 Å². The van der Waals surface area contributed by atoms with E-state index in [4.69, 9.17) is 9.47 Å². The number of rotatable bonds is 5. The summed E-state index contributed by atoms with van der Waals surface area (Å²) in [5, 5.41) is 2.97. The van der Waals surface area contributed by atoms with Crippen molar-refractivity contribution in [1.29, 1.82) is 0 Å². The number of nitrogens with one attached hydrogen (secondary N) is 1. The third-order valence-electron chi connectivity index (χ3n) is 4.35. The van der Waals surface area contributed by atoms with Gasteiger partial charge in [-0.1, -0.05) is 0 Å². The minimum absolute atomic E-state index is 0.0268. The molecule has 6 heteroatoms. The molecule has 2 rings (SSSR count). The average Bonchev–Trinajstić information content (AvgIpc) is 2.78. The molecule has 1 N–H and O–H groups in total. The molecule has 1 saturated heterocycles. The van der Waals surface area contributed by atoms with Crippen LogP contribution in [0.3, 0.4) is 0 Å². The molecule has 0 unspecified atom stereocenters. The van der Waals surface area contributed by atoms with Crippen LogP contribution in [0.15, 0.2) is 18.2 Å². The van der Waals surface area contributed by atoms with E-state index in [9.17, 15) is 4.79 Å². The third kappa shape index (κ3) is 4.59. The van der Waals surface area contributed by atoms with Gasteiger partial charge in [-0.15, -0.1) is 0 Å². The third-order valence-corrected chi connectivity index (χ3v) is 4.35. The zero-order valence-electron chi connectivity index (χ0n) is 14.5. The van der Waals surface area contributed by atoms with Gasteiger partial charge in [0, 0.05) is 25.7 Å². The van der Waals surface area contributed by atoms with E-state index in [1.807, 2.05) is 13.0 Å². The summed E-state index contributed by atoms with van der Waals surface area (Å²) in [4.78, 5) is 17.1. The second-order valence-corrected chi connectivity index (χ2v) is 5.92. The molecule has 0 spiro atoms. The molecule has 0 radical (unpaired) electrons. The Hall–Kier alpha value is -1.79. The largest absolute Gasteiger partial charge is 0.497 e. The number of amides is 1. The molecule has 6 nitrogen and oxygen atoms in total. The zero-order chi connectivity index (χ0) is 16.8. The van der Waals surface area contributed by atoms with Gasteiger partial charge >= 0.3 is 0 Å². The van der Waals surface area contributed by atoms with Gasteiger partial charge in [-0.25, -0.2) is 0 Å². The van der Waals surface area contributed by atoms with E-state index in [0.717, 1.165) is 32.6 Å². The molecule has 1 heterocycles. The van der Waals surface area contributed by atoms with E-state index in [1.165, 1.54) is 0 Å². The Bertz CT molecular complexity index is 536. The summed E-state index contributed by atoms with van der Waals surface area (Å²) in [6.45, 7) is 5.86. The molecular weight excluding hydrogens is 294 g/mol. The van der Waals surface area contributed by atoms with Crippen LogP contribution >= 0.6 is 0 Å². The van der Waals surface area contributed by atoms with Gasteiger partial charge in [-0.2, -0.15) is 0 Å². The average molecular weight is 321 g/mol. The van der Waals surface area contributed by atoms with Gasteiger partial charge in [0.2, 0.25) is 5.91 Å². The molecule has 0 bridgehead atoms. The van der Waals surface area contributed by atoms with Crippen LogP contribution in [-0.2, 0) is 4.79 Å². The number of ether oxygens (including phenoxy) is 2. The molecular formula is C17H27N3O3. The van der Waals surface area contributed by atoms with Gasteiger partial charge in [-0.05, 0) is 39.1 Å². The highest BCUT2D eigenvalue weighted by atomic mass is 16.5. The van der Waals surface area contributed by atoms with Crippen molar-refractivity contribution >= 4 is 11.6 Å². The lowest BCUT2D eigenvalue weighted by Crippen LogP contribution is -2.43. The molecule has 1 aromatic carbocycles. The van der Waals surface area contributed by atoms with Gasteiger partial charge in [0.1, 0.15) is 11.5 Å². The van der Waals surface area contributed by atoms with Crippen LogP contribution in [-0.4, -0.2) is 69.2 Å². The van der Waals surface area contributed by atoms with Crippen molar-refractivity contribution in [2.24, 2.45) is 0 Å². The van der Waals surface area contributed by atoms with Gasteiger partial charge in [0.05, 0.1) is 25.9 Å². The minimum Gasteiger partial charge on any atom is -0.497 e. The van der Waals surface area contributed by atoms with Crippen molar-refractivity contribution in [1.82, 2.24) is 9.80 Å². The van der Waals surface area contributed by atoms with Crippen LogP contribution in [0.1, 0.15) is 13.3 Å². The standard InChI is InChI=1S/C17H27N3O3/c1-13(20-9-5-8-19(2)10-11-20)17(21)18-15-12-14(22-3)6-7-16(15)23-4/h6-7,12-13H,5,8-11H2,1-4H3,(H,18,21)/t13-/m0/s1. The van der Waals surface area contributed by atoms with E-state index >= 15 is 0 Å². The Kier molecular flexibility index (Phi) is 6.24. The highest BCUT2D eigenvalue weighted by Gasteiger charge is 2.24. The summed E-state index contributed by atoms with van der Waals surface area (Å²) >= 11 is 0. The van der Waals surface area contributed by atoms with E-state index in [2.05, 4.69) is 22.2 Å². The molecule has 1 aliphatic rings. The van der Waals surface area contributed by atoms with Crippen LogP contribution in [0.25, 0.3) is 0 Å². The van der Waals surface area contributed by atoms with E-state index in [1.54, 1.807) is 26.4 Å². The van der Waals surface area contributed by atoms with E-state index in [-0.39, 0.29) is 11.9 Å². The van der Waals surface area contributed by atoms with Crippen molar-refractivity contribution in [3.05, 3.63) is 18.2 Å². The maximum Gasteiger partial charge on any atom is 0.241 e. The molecule has 0 aromatic heterocycles. The fourth-order valence-corrected chi connectivity index (χ4v) is 2.77. The fourth-order valence-electron chi connectivity index (χ4n) is 2.77. The summed E-state index contributed by atoms with van der Waals surface area (Å²) in [6.07, 6.45) is 1.08. The summed E-state index contributed by atoms with van der Waals surface area (Å²) in [6, 6.07) is 5.19. The normalized spacial score (nSPS) is 18.1. The second-order valence-electron chi connectivity index (χ2n) is 5.92. The van der Waals surface area contributed by atoms with Crippen LogP contribution in [0.2, 0.25) is 0 Å². The smallest absolute Gasteiger partial charge is 0.241 e. The van der Waals surface area contributed by atoms with Crippen molar-refractivity contribution in [2.45, 2.75) is 19.4 Å². The number of carbonyl (C=O) groups is 1. The number of benzene rings is 1. The summed E-state index contributed by atoms with van der Waals surface area (Å²) in [5.74, 6) is 1.29. The Morgan fingerprint density at radius 3 is 2.65 bits per heavy atom. The molecule has 1 fully saturated rings. The first kappa shape index (κ1) is 17.6. The van der Waals surface area contributed by atoms with Crippen LogP contribution in [0.4, 0.5) is 5.69 Å². The van der Waals surface area contributed by atoms with Crippen LogP contribution in [0.5, 0.6) is 11.5 Å². The molecule has 1 amide bonds. The summed E-state index contributed by atoms with van der Waals surface area (Å²) < 4.78 is 10.5. The number of hydrogen-bond acceptors (Lipinski definition) is 5. The second kappa shape index (κ2) is 8.17. The Morgan fingerprint density at radius 2 is 1.96 bits per heavy atom. The molecule has 0 aliphatic carbocycles. The van der Waals surface area contributed by atoms with Gasteiger partial charge in [-0.3, -0.25) is 9.69 Å². The predicted octanol–water partition coefficient (Wildman–Crippen LogP) is 1.67. The fraction of sp³-hybridized carbons (Fsp3) is 0.588. The maximum absolute atomic E-state index is 12.6. The Labute approximate surface area is 138 Å². The molecule has 128 valence electrons. The predicted molar refractivity (Wildman–Crippen MR) is 91.3 cm³/mol. The van der Waals surface area contributed by atoms with Crippen molar-refractivity contribution in [3.8, 4) is 11.5 Å². The molecule has 1 atom stereocenters. The monoisotopic (exact) mass is 321 g/mol. The van der Waals surface area contributed by atoms with Gasteiger partial charge in [0.25, 0.3) is 0 Å². The number of likely N-dealkylation sites (N-methyl/N-ethyl adjacent to an activating group) is 1. The van der Waals surface area contributed by atoms with E-state index in [0.29, 0.717) is 17.2 Å². The lowest BCUT2D eigenvalue weighted by atomic mass is 10.2. The summed E-state index contributed by atoms with van der Waals surface area (Å²) in [7, 11) is 5.31. The minimum atomic E-state index is -0.183. The van der Waals surface area contributed by atoms with Crippen molar-refractivity contribution in [2.75, 3.05) is 52.8 Å². The van der Waals surface area contributed by atoms with Crippen molar-refractivity contribution < 1.29 is 14.3 Å². The highest BCUT2D eigenvalue weighted by molar-refractivity contribution is 5.96. The zero-order valence-corrected chi connectivity index (χ0v) is 14.5. The molecule has 1 aromatic rings. The maximum atomic E-state index is 12.6. The molecule has 0 saturated carbocycles. The van der Waals surface area contributed by atoms with Crippen LogP contribution in [0, 0.1) is 0 Å². The first-order valence-electron chi connectivity index (χ1n) is 8.00. The number of nitrogens with zero attached hydrogens (tertiary/aromatic N) is 2. The SMILES string of the molecule is COc1ccc(OC)c(NC(=O)[C@H](C)N2CCCN(C)CC2)c1. The lowest BCUT2D eigenvalue weighted by molar-refractivity contribution is -0.120. The molecule has 23 heavy (non-hydrogen) atoms.